The first-order valence-corrected chi connectivity index (χ1v) is 9.71. The number of nitrogens with one attached hydrogen (secondary N) is 1. The monoisotopic (exact) mass is 344 g/mol. The minimum Gasteiger partial charge on any atom is -0.396 e. The maximum absolute atomic E-state index is 9.29. The van der Waals surface area contributed by atoms with Gasteiger partial charge in [-0.3, -0.25) is 4.90 Å². The average molecular weight is 345 g/mol. The Kier molecular flexibility index (Phi) is 5.93. The van der Waals surface area contributed by atoms with Crippen LogP contribution in [0.3, 0.4) is 0 Å². The lowest BCUT2D eigenvalue weighted by atomic mass is 9.97. The first-order chi connectivity index (χ1) is 11.7. The van der Waals surface area contributed by atoms with Gasteiger partial charge in [0.25, 0.3) is 0 Å². The van der Waals surface area contributed by atoms with Crippen molar-refractivity contribution in [3.05, 3.63) is 51.7 Å². The van der Waals surface area contributed by atoms with Gasteiger partial charge >= 0.3 is 0 Å². The number of nitrogens with zero attached hydrogens (tertiary/aromatic N) is 1. The van der Waals surface area contributed by atoms with Crippen LogP contribution >= 0.6 is 11.3 Å². The average Bonchev–Trinajstić information content (AvgIpc) is 3.04. The molecule has 2 heterocycles. The van der Waals surface area contributed by atoms with Crippen molar-refractivity contribution in [2.75, 3.05) is 25.0 Å². The molecule has 1 unspecified atom stereocenters. The van der Waals surface area contributed by atoms with Crippen LogP contribution in [0.2, 0.25) is 0 Å². The van der Waals surface area contributed by atoms with Gasteiger partial charge in [0.05, 0.1) is 6.04 Å². The van der Waals surface area contributed by atoms with E-state index in [1.54, 1.807) is 0 Å². The lowest BCUT2D eigenvalue weighted by molar-refractivity contribution is 0.127. The fraction of sp³-hybridized carbons (Fsp3) is 0.500. The largest absolute Gasteiger partial charge is 0.396 e. The maximum atomic E-state index is 9.29. The second-order valence-corrected chi connectivity index (χ2v) is 8.19. The van der Waals surface area contributed by atoms with Crippen LogP contribution in [-0.4, -0.2) is 29.7 Å². The van der Waals surface area contributed by atoms with Crippen LogP contribution in [0.5, 0.6) is 0 Å². The second kappa shape index (κ2) is 8.15. The third-order valence-corrected chi connectivity index (χ3v) is 6.12. The summed E-state index contributed by atoms with van der Waals surface area (Å²) in [5.41, 5.74) is 2.60. The van der Waals surface area contributed by atoms with E-state index in [9.17, 15) is 5.11 Å². The van der Waals surface area contributed by atoms with Gasteiger partial charge in [0.2, 0.25) is 0 Å². The van der Waals surface area contributed by atoms with Crippen molar-refractivity contribution < 1.29 is 5.11 Å². The summed E-state index contributed by atoms with van der Waals surface area (Å²) in [4.78, 5) is 5.25. The summed E-state index contributed by atoms with van der Waals surface area (Å²) < 4.78 is 0. The summed E-state index contributed by atoms with van der Waals surface area (Å²) in [6.07, 6.45) is 2.22. The summed E-state index contributed by atoms with van der Waals surface area (Å²) in [6, 6.07) is 13.4. The number of benzene rings is 1. The lowest BCUT2D eigenvalue weighted by Gasteiger charge is -2.31. The van der Waals surface area contributed by atoms with Crippen LogP contribution in [0.25, 0.3) is 0 Å². The molecule has 1 aliphatic rings. The predicted octanol–water partition coefficient (Wildman–Crippen LogP) is 4.43. The van der Waals surface area contributed by atoms with Gasteiger partial charge in [-0.1, -0.05) is 18.2 Å². The fourth-order valence-electron chi connectivity index (χ4n) is 3.36. The van der Waals surface area contributed by atoms with Gasteiger partial charge in [0.15, 0.2) is 0 Å². The van der Waals surface area contributed by atoms with E-state index in [1.807, 2.05) is 11.3 Å². The number of anilines is 1. The molecule has 3 rings (SSSR count). The highest BCUT2D eigenvalue weighted by Gasteiger charge is 2.19. The van der Waals surface area contributed by atoms with Gasteiger partial charge in [0.1, 0.15) is 0 Å². The highest BCUT2D eigenvalue weighted by molar-refractivity contribution is 7.12. The highest BCUT2D eigenvalue weighted by Crippen LogP contribution is 2.28. The van der Waals surface area contributed by atoms with Crippen molar-refractivity contribution in [3.8, 4) is 0 Å². The smallest absolute Gasteiger partial charge is 0.0578 e. The topological polar surface area (TPSA) is 35.5 Å². The molecule has 1 aromatic heterocycles. The van der Waals surface area contributed by atoms with E-state index in [1.165, 1.54) is 21.0 Å². The second-order valence-electron chi connectivity index (χ2n) is 6.87. The molecule has 4 heteroatoms. The zero-order valence-electron chi connectivity index (χ0n) is 14.7. The third-order valence-electron chi connectivity index (χ3n) is 4.94. The molecule has 1 atom stereocenters. The van der Waals surface area contributed by atoms with E-state index in [-0.39, 0.29) is 0 Å². The standard InChI is InChI=1S/C20H28N2OS/c1-15-7-8-20(24-15)16(2)21-19-6-4-3-5-18(19)13-22-11-9-17(14-23)10-12-22/h3-8,16-17,21,23H,9-14H2,1-2H3. The third kappa shape index (κ3) is 4.38. The first-order valence-electron chi connectivity index (χ1n) is 8.89. The number of para-hydroxylation sites is 1. The van der Waals surface area contributed by atoms with Crippen LogP contribution in [0.15, 0.2) is 36.4 Å². The number of aliphatic hydroxyl groups is 1. The molecule has 0 radical (unpaired) electrons. The van der Waals surface area contributed by atoms with Crippen molar-refractivity contribution in [3.63, 3.8) is 0 Å². The van der Waals surface area contributed by atoms with Gasteiger partial charge in [-0.15, -0.1) is 11.3 Å². The molecule has 130 valence electrons. The van der Waals surface area contributed by atoms with Gasteiger partial charge in [-0.05, 0) is 69.5 Å². The number of hydrogen-bond acceptors (Lipinski definition) is 4. The Bertz CT molecular complexity index is 647. The summed E-state index contributed by atoms with van der Waals surface area (Å²) in [5.74, 6) is 0.497. The SMILES string of the molecule is Cc1ccc(C(C)Nc2ccccc2CN2CCC(CO)CC2)s1. The van der Waals surface area contributed by atoms with Crippen molar-refractivity contribution in [1.82, 2.24) is 4.90 Å². The fourth-order valence-corrected chi connectivity index (χ4v) is 4.24. The minimum absolute atomic E-state index is 0.324. The van der Waals surface area contributed by atoms with Crippen LogP contribution in [0.4, 0.5) is 5.69 Å². The molecule has 1 aromatic carbocycles. The molecule has 2 aromatic rings. The number of aryl methyl sites for hydroxylation is 1. The van der Waals surface area contributed by atoms with Gasteiger partial charge in [-0.2, -0.15) is 0 Å². The number of likely N-dealkylation sites (tertiary alicyclic amines) is 1. The molecule has 1 fully saturated rings. The molecule has 3 nitrogen and oxygen atoms in total. The summed E-state index contributed by atoms with van der Waals surface area (Å²) >= 11 is 1.86. The molecular formula is C20H28N2OS. The van der Waals surface area contributed by atoms with Crippen LogP contribution in [-0.2, 0) is 6.54 Å². The van der Waals surface area contributed by atoms with Crippen molar-refractivity contribution in [2.45, 2.75) is 39.3 Å². The Morgan fingerprint density at radius 3 is 2.62 bits per heavy atom. The Labute approximate surface area is 149 Å². The van der Waals surface area contributed by atoms with Crippen molar-refractivity contribution in [2.24, 2.45) is 5.92 Å². The van der Waals surface area contributed by atoms with E-state index in [0.29, 0.717) is 18.6 Å². The number of piperidine rings is 1. The first kappa shape index (κ1) is 17.5. The Morgan fingerprint density at radius 1 is 1.21 bits per heavy atom. The van der Waals surface area contributed by atoms with E-state index >= 15 is 0 Å². The van der Waals surface area contributed by atoms with E-state index < -0.39 is 0 Å². The molecule has 0 spiro atoms. The molecule has 0 aliphatic carbocycles. The highest BCUT2D eigenvalue weighted by atomic mass is 32.1. The predicted molar refractivity (Wildman–Crippen MR) is 103 cm³/mol. The zero-order chi connectivity index (χ0) is 16.9. The number of rotatable bonds is 6. The number of hydrogen-bond donors (Lipinski definition) is 2. The van der Waals surface area contributed by atoms with E-state index in [0.717, 1.165) is 32.5 Å². The van der Waals surface area contributed by atoms with E-state index in [4.69, 9.17) is 0 Å². The normalized spacial score (nSPS) is 17.8. The molecule has 1 aliphatic heterocycles. The minimum atomic E-state index is 0.324. The molecule has 0 amide bonds. The van der Waals surface area contributed by atoms with Crippen LogP contribution in [0, 0.1) is 12.8 Å². The molecule has 0 saturated carbocycles. The summed E-state index contributed by atoms with van der Waals surface area (Å²) in [5, 5.41) is 13.0. The quantitative estimate of drug-likeness (QED) is 0.813. The van der Waals surface area contributed by atoms with Gasteiger partial charge < -0.3 is 10.4 Å². The molecule has 2 N–H and O–H groups in total. The summed E-state index contributed by atoms with van der Waals surface area (Å²) in [6.45, 7) is 7.87. The van der Waals surface area contributed by atoms with Crippen LogP contribution in [0.1, 0.15) is 41.1 Å². The van der Waals surface area contributed by atoms with E-state index in [2.05, 4.69) is 60.5 Å². The Hall–Kier alpha value is -1.36. The Morgan fingerprint density at radius 2 is 1.96 bits per heavy atom. The Balaban J connectivity index is 1.65. The van der Waals surface area contributed by atoms with Crippen LogP contribution < -0.4 is 5.32 Å². The zero-order valence-corrected chi connectivity index (χ0v) is 15.5. The lowest BCUT2D eigenvalue weighted by Crippen LogP contribution is -2.34. The molecule has 0 bridgehead atoms. The van der Waals surface area contributed by atoms with Crippen molar-refractivity contribution in [1.29, 1.82) is 0 Å². The van der Waals surface area contributed by atoms with Gasteiger partial charge in [-0.25, -0.2) is 0 Å². The molecule has 24 heavy (non-hydrogen) atoms. The molecular weight excluding hydrogens is 316 g/mol. The van der Waals surface area contributed by atoms with Crippen molar-refractivity contribution >= 4 is 17.0 Å². The maximum Gasteiger partial charge on any atom is 0.0578 e. The molecule has 1 saturated heterocycles. The number of thiophene rings is 1. The summed E-state index contributed by atoms with van der Waals surface area (Å²) in [7, 11) is 0. The van der Waals surface area contributed by atoms with Gasteiger partial charge in [0, 0.05) is 28.6 Å². The number of aliphatic hydroxyl groups excluding tert-OH is 1.